The average Bonchev–Trinajstić information content (AvgIpc) is 3.34. The largest absolute Gasteiger partial charge is 0.493 e. The third-order valence-corrected chi connectivity index (χ3v) is 5.72. The molecule has 1 aromatic rings. The Kier molecular flexibility index (Phi) is 6.53. The number of ether oxygens (including phenoxy) is 3. The first kappa shape index (κ1) is 22.2. The number of imide groups is 1. The maximum absolute atomic E-state index is 12.7. The van der Waals surface area contributed by atoms with Gasteiger partial charge in [0.05, 0.1) is 27.4 Å². The summed E-state index contributed by atoms with van der Waals surface area (Å²) in [5, 5.41) is 15.0. The molecule has 0 bridgehead atoms. The normalized spacial score (nSPS) is 17.8. The van der Waals surface area contributed by atoms with Crippen molar-refractivity contribution >= 4 is 17.8 Å². The lowest BCUT2D eigenvalue weighted by Gasteiger charge is -2.20. The van der Waals surface area contributed by atoms with Crippen LogP contribution in [0.25, 0.3) is 0 Å². The molecule has 2 aliphatic rings. The molecule has 2 N–H and O–H groups in total. The molecule has 1 spiro atoms. The lowest BCUT2D eigenvalue weighted by atomic mass is 9.98. The lowest BCUT2D eigenvalue weighted by Crippen LogP contribution is -2.44. The van der Waals surface area contributed by atoms with E-state index in [1.165, 1.54) is 21.3 Å². The topological polar surface area (TPSA) is 130 Å². The molecule has 1 atom stereocenters. The third kappa shape index (κ3) is 4.21. The molecule has 31 heavy (non-hydrogen) atoms. The summed E-state index contributed by atoms with van der Waals surface area (Å²) in [5.74, 6) is 0.341. The van der Waals surface area contributed by atoms with E-state index in [1.54, 1.807) is 12.1 Å². The van der Waals surface area contributed by atoms with Crippen molar-refractivity contribution in [3.8, 4) is 23.3 Å². The highest BCUT2D eigenvalue weighted by Crippen LogP contribution is 2.39. The van der Waals surface area contributed by atoms with E-state index in [9.17, 15) is 19.6 Å². The molecule has 166 valence electrons. The van der Waals surface area contributed by atoms with Gasteiger partial charge in [0.2, 0.25) is 11.7 Å². The van der Waals surface area contributed by atoms with Crippen LogP contribution in [0.3, 0.4) is 0 Å². The zero-order valence-electron chi connectivity index (χ0n) is 17.8. The molecule has 1 aliphatic heterocycles. The van der Waals surface area contributed by atoms with Crippen molar-refractivity contribution < 1.29 is 28.6 Å². The number of amides is 4. The van der Waals surface area contributed by atoms with Crippen molar-refractivity contribution in [2.45, 2.75) is 43.7 Å². The number of urea groups is 1. The minimum Gasteiger partial charge on any atom is -0.493 e. The fraction of sp³-hybridized carbons (Fsp3) is 0.524. The smallest absolute Gasteiger partial charge is 0.325 e. The Morgan fingerprint density at radius 1 is 1.19 bits per heavy atom. The number of nitrogens with one attached hydrogen (secondary N) is 2. The predicted octanol–water partition coefficient (Wildman–Crippen LogP) is 1.65. The Hall–Kier alpha value is -3.48. The fourth-order valence-corrected chi connectivity index (χ4v) is 4.10. The Balaban J connectivity index is 1.66. The molecule has 4 amide bonds. The van der Waals surface area contributed by atoms with Gasteiger partial charge in [0, 0.05) is 13.0 Å². The summed E-state index contributed by atoms with van der Waals surface area (Å²) in [6.07, 6.45) is 2.91. The zero-order valence-corrected chi connectivity index (χ0v) is 17.8. The molecule has 1 aliphatic carbocycles. The first-order valence-electron chi connectivity index (χ1n) is 10.0. The number of carbonyl (C=O) groups excluding carboxylic acids is 3. The minimum absolute atomic E-state index is 0.0499. The summed E-state index contributed by atoms with van der Waals surface area (Å²) in [6, 6.07) is 3.74. The van der Waals surface area contributed by atoms with Crippen molar-refractivity contribution in [2.24, 2.45) is 0 Å². The van der Waals surface area contributed by atoms with Crippen molar-refractivity contribution in [1.82, 2.24) is 15.5 Å². The van der Waals surface area contributed by atoms with E-state index in [0.29, 0.717) is 35.7 Å². The second-order valence-electron chi connectivity index (χ2n) is 7.51. The molecule has 1 heterocycles. The van der Waals surface area contributed by atoms with Crippen LogP contribution in [0.4, 0.5) is 4.79 Å². The van der Waals surface area contributed by atoms with Crippen LogP contribution in [0.2, 0.25) is 0 Å². The molecule has 10 heteroatoms. The summed E-state index contributed by atoms with van der Waals surface area (Å²) < 4.78 is 15.8. The van der Waals surface area contributed by atoms with Gasteiger partial charge in [-0.3, -0.25) is 14.5 Å². The Bertz CT molecular complexity index is 894. The van der Waals surface area contributed by atoms with Gasteiger partial charge in [-0.05, 0) is 30.5 Å². The van der Waals surface area contributed by atoms with Gasteiger partial charge in [0.1, 0.15) is 11.6 Å². The summed E-state index contributed by atoms with van der Waals surface area (Å²) >= 11 is 0. The van der Waals surface area contributed by atoms with E-state index < -0.39 is 23.5 Å². The summed E-state index contributed by atoms with van der Waals surface area (Å²) in [4.78, 5) is 38.5. The monoisotopic (exact) mass is 430 g/mol. The van der Waals surface area contributed by atoms with Gasteiger partial charge in [-0.25, -0.2) is 4.79 Å². The SMILES string of the molecule is COc1cc(C(C#N)NC(=O)CCN2C(=O)NC3(CCCC3)C2=O)cc(OC)c1OC. The maximum Gasteiger partial charge on any atom is 0.325 e. The number of methoxy groups -OCH3 is 3. The second kappa shape index (κ2) is 9.12. The summed E-state index contributed by atoms with van der Waals surface area (Å²) in [7, 11) is 4.38. The van der Waals surface area contributed by atoms with Crippen molar-refractivity contribution in [3.63, 3.8) is 0 Å². The number of benzene rings is 1. The highest BCUT2D eigenvalue weighted by Gasteiger charge is 2.52. The van der Waals surface area contributed by atoms with Gasteiger partial charge in [-0.15, -0.1) is 0 Å². The van der Waals surface area contributed by atoms with Crippen molar-refractivity contribution in [2.75, 3.05) is 27.9 Å². The van der Waals surface area contributed by atoms with Gasteiger partial charge in [0.25, 0.3) is 5.91 Å². The van der Waals surface area contributed by atoms with E-state index in [0.717, 1.165) is 17.7 Å². The molecule has 3 rings (SSSR count). The molecule has 1 unspecified atom stereocenters. The van der Waals surface area contributed by atoms with E-state index in [-0.39, 0.29) is 18.9 Å². The van der Waals surface area contributed by atoms with Crippen LogP contribution in [0.1, 0.15) is 43.7 Å². The van der Waals surface area contributed by atoms with E-state index >= 15 is 0 Å². The van der Waals surface area contributed by atoms with Gasteiger partial charge in [0.15, 0.2) is 11.5 Å². The van der Waals surface area contributed by atoms with Gasteiger partial charge in [-0.1, -0.05) is 12.8 Å². The Morgan fingerprint density at radius 3 is 2.32 bits per heavy atom. The molecular formula is C21H26N4O6. The van der Waals surface area contributed by atoms with Crippen LogP contribution in [-0.4, -0.2) is 56.2 Å². The summed E-state index contributed by atoms with van der Waals surface area (Å²) in [6.45, 7) is -0.0499. The van der Waals surface area contributed by atoms with Gasteiger partial charge < -0.3 is 24.8 Å². The molecule has 1 aromatic carbocycles. The number of hydrogen-bond donors (Lipinski definition) is 2. The van der Waals surface area contributed by atoms with E-state index in [2.05, 4.69) is 10.6 Å². The highest BCUT2D eigenvalue weighted by molar-refractivity contribution is 6.07. The molecule has 2 fully saturated rings. The number of carbonyl (C=O) groups is 3. The first-order valence-corrected chi connectivity index (χ1v) is 10.0. The first-order chi connectivity index (χ1) is 14.9. The van der Waals surface area contributed by atoms with Gasteiger partial charge in [-0.2, -0.15) is 5.26 Å². The van der Waals surface area contributed by atoms with E-state index in [1.807, 2.05) is 6.07 Å². The maximum atomic E-state index is 12.7. The number of rotatable bonds is 8. The fourth-order valence-electron chi connectivity index (χ4n) is 4.10. The van der Waals surface area contributed by atoms with Crippen molar-refractivity contribution in [1.29, 1.82) is 5.26 Å². The second-order valence-corrected chi connectivity index (χ2v) is 7.51. The number of nitriles is 1. The average molecular weight is 430 g/mol. The van der Waals surface area contributed by atoms with Crippen LogP contribution in [0.5, 0.6) is 17.2 Å². The molecule has 1 saturated heterocycles. The van der Waals surface area contributed by atoms with Gasteiger partial charge >= 0.3 is 6.03 Å². The van der Waals surface area contributed by atoms with Crippen LogP contribution in [-0.2, 0) is 9.59 Å². The zero-order chi connectivity index (χ0) is 22.6. The molecule has 0 aromatic heterocycles. The molecule has 1 saturated carbocycles. The third-order valence-electron chi connectivity index (χ3n) is 5.72. The Labute approximate surface area is 180 Å². The standard InChI is InChI=1S/C21H26N4O6/c1-29-15-10-13(11-16(30-2)18(15)31-3)14(12-22)23-17(26)6-9-25-19(27)21(24-20(25)28)7-4-5-8-21/h10-11,14H,4-9H2,1-3H3,(H,23,26)(H,24,28). The Morgan fingerprint density at radius 2 is 1.81 bits per heavy atom. The molecular weight excluding hydrogens is 404 g/mol. The van der Waals surface area contributed by atoms with Crippen LogP contribution in [0, 0.1) is 11.3 Å². The predicted molar refractivity (Wildman–Crippen MR) is 109 cm³/mol. The van der Waals surface area contributed by atoms with Crippen molar-refractivity contribution in [3.05, 3.63) is 17.7 Å². The molecule has 10 nitrogen and oxygen atoms in total. The quantitative estimate of drug-likeness (QED) is 0.600. The highest BCUT2D eigenvalue weighted by atomic mass is 16.5. The molecule has 0 radical (unpaired) electrons. The van der Waals surface area contributed by atoms with Crippen LogP contribution < -0.4 is 24.8 Å². The van der Waals surface area contributed by atoms with Crippen LogP contribution in [0.15, 0.2) is 12.1 Å². The number of nitrogens with zero attached hydrogens (tertiary/aromatic N) is 2. The lowest BCUT2D eigenvalue weighted by molar-refractivity contribution is -0.131. The summed E-state index contributed by atoms with van der Waals surface area (Å²) in [5.41, 5.74) is -0.357. The van der Waals surface area contributed by atoms with E-state index in [4.69, 9.17) is 14.2 Å². The minimum atomic E-state index is -0.981. The van der Waals surface area contributed by atoms with Crippen LogP contribution >= 0.6 is 0 Å². The number of hydrogen-bond acceptors (Lipinski definition) is 7.